The summed E-state index contributed by atoms with van der Waals surface area (Å²) in [5.74, 6) is 0.119. The standard InChI is InChI=1S/C18H17F3N4OS/c1-24(17-23-25-15(26)9-10-22-16(25)27-17)14-4-2-3-13(14)11-5-7-12(8-6-11)18(19,20)21/h5-10,13-14H,2-4H2,1H3/t13-,14-/m1/s1. The first kappa shape index (κ1) is 18.0. The maximum absolute atomic E-state index is 12.8. The number of hydrogen-bond acceptors (Lipinski definition) is 5. The van der Waals surface area contributed by atoms with E-state index in [0.717, 1.165) is 37.0 Å². The summed E-state index contributed by atoms with van der Waals surface area (Å²) >= 11 is 1.33. The van der Waals surface area contributed by atoms with E-state index < -0.39 is 11.7 Å². The minimum absolute atomic E-state index is 0.109. The molecule has 9 heteroatoms. The van der Waals surface area contributed by atoms with E-state index in [2.05, 4.69) is 10.1 Å². The molecule has 0 saturated heterocycles. The smallest absolute Gasteiger partial charge is 0.346 e. The monoisotopic (exact) mass is 394 g/mol. The molecule has 4 rings (SSSR count). The molecule has 2 aromatic heterocycles. The van der Waals surface area contributed by atoms with Gasteiger partial charge >= 0.3 is 6.18 Å². The first-order chi connectivity index (χ1) is 12.8. The first-order valence-corrected chi connectivity index (χ1v) is 9.41. The van der Waals surface area contributed by atoms with Gasteiger partial charge in [0.1, 0.15) is 0 Å². The van der Waals surface area contributed by atoms with Crippen LogP contribution in [-0.2, 0) is 6.18 Å². The summed E-state index contributed by atoms with van der Waals surface area (Å²) in [6.07, 6.45) is -0.0560. The van der Waals surface area contributed by atoms with Crippen molar-refractivity contribution in [2.75, 3.05) is 11.9 Å². The molecule has 1 saturated carbocycles. The van der Waals surface area contributed by atoms with Gasteiger partial charge in [-0.2, -0.15) is 17.7 Å². The van der Waals surface area contributed by atoms with Crippen LogP contribution in [-0.4, -0.2) is 27.7 Å². The molecule has 2 atom stereocenters. The highest BCUT2D eigenvalue weighted by atomic mass is 32.1. The second-order valence-electron chi connectivity index (χ2n) is 6.70. The van der Waals surface area contributed by atoms with Crippen LogP contribution in [0.3, 0.4) is 0 Å². The number of aromatic nitrogens is 3. The van der Waals surface area contributed by atoms with E-state index in [0.29, 0.717) is 10.1 Å². The third-order valence-electron chi connectivity index (χ3n) is 5.10. The summed E-state index contributed by atoms with van der Waals surface area (Å²) in [5, 5.41) is 5.04. The summed E-state index contributed by atoms with van der Waals surface area (Å²) < 4.78 is 39.7. The van der Waals surface area contributed by atoms with Crippen LogP contribution in [0.15, 0.2) is 41.3 Å². The Morgan fingerprint density at radius 1 is 1.19 bits per heavy atom. The van der Waals surface area contributed by atoms with Crippen LogP contribution in [0.2, 0.25) is 0 Å². The summed E-state index contributed by atoms with van der Waals surface area (Å²) in [4.78, 5) is 18.6. The molecule has 0 N–H and O–H groups in total. The van der Waals surface area contributed by atoms with Gasteiger partial charge in [0.15, 0.2) is 0 Å². The van der Waals surface area contributed by atoms with E-state index >= 15 is 0 Å². The molecule has 0 bridgehead atoms. The number of fused-ring (bicyclic) bond motifs is 1. The Labute approximate surface area is 157 Å². The highest BCUT2D eigenvalue weighted by Gasteiger charge is 2.34. The van der Waals surface area contributed by atoms with Gasteiger partial charge in [-0.05, 0) is 30.5 Å². The molecule has 0 amide bonds. The Morgan fingerprint density at radius 3 is 2.59 bits per heavy atom. The third kappa shape index (κ3) is 3.31. The van der Waals surface area contributed by atoms with E-state index in [1.54, 1.807) is 12.1 Å². The van der Waals surface area contributed by atoms with Gasteiger partial charge < -0.3 is 4.90 Å². The largest absolute Gasteiger partial charge is 0.416 e. The van der Waals surface area contributed by atoms with Crippen LogP contribution in [0.1, 0.15) is 36.3 Å². The van der Waals surface area contributed by atoms with E-state index in [4.69, 9.17) is 0 Å². The van der Waals surface area contributed by atoms with E-state index in [1.165, 1.54) is 28.1 Å². The average molecular weight is 394 g/mol. The van der Waals surface area contributed by atoms with Gasteiger partial charge in [0, 0.05) is 31.3 Å². The molecule has 1 fully saturated rings. The van der Waals surface area contributed by atoms with Crippen molar-refractivity contribution in [3.8, 4) is 0 Å². The first-order valence-electron chi connectivity index (χ1n) is 8.59. The normalized spacial score (nSPS) is 20.3. The Bertz CT molecular complexity index is 1010. The number of rotatable bonds is 3. The molecule has 1 aliphatic rings. The molecule has 2 heterocycles. The lowest BCUT2D eigenvalue weighted by atomic mass is 9.92. The summed E-state index contributed by atoms with van der Waals surface area (Å²) in [6, 6.07) is 6.90. The quantitative estimate of drug-likeness (QED) is 0.675. The molecule has 1 aliphatic carbocycles. The topological polar surface area (TPSA) is 50.5 Å². The molecule has 0 aliphatic heterocycles. The second-order valence-corrected chi connectivity index (χ2v) is 7.63. The Morgan fingerprint density at radius 2 is 1.93 bits per heavy atom. The molecule has 3 aromatic rings. The number of nitrogens with zero attached hydrogens (tertiary/aromatic N) is 4. The summed E-state index contributed by atoms with van der Waals surface area (Å²) in [7, 11) is 1.91. The van der Waals surface area contributed by atoms with Gasteiger partial charge in [0.25, 0.3) is 5.56 Å². The molecule has 0 unspecified atom stereocenters. The lowest BCUT2D eigenvalue weighted by Gasteiger charge is -2.29. The van der Waals surface area contributed by atoms with Gasteiger partial charge in [-0.3, -0.25) is 4.79 Å². The number of likely N-dealkylation sites (N-methyl/N-ethyl adjacent to an activating group) is 1. The number of alkyl halides is 3. The fraction of sp³-hybridized carbons (Fsp3) is 0.389. The highest BCUT2D eigenvalue weighted by molar-refractivity contribution is 7.20. The molecule has 5 nitrogen and oxygen atoms in total. The van der Waals surface area contributed by atoms with Gasteiger partial charge in [-0.1, -0.05) is 29.9 Å². The Balaban J connectivity index is 1.62. The number of hydrogen-bond donors (Lipinski definition) is 0. The predicted molar refractivity (Wildman–Crippen MR) is 97.4 cm³/mol. The lowest BCUT2D eigenvalue weighted by Crippen LogP contribution is -2.33. The minimum atomic E-state index is -4.33. The van der Waals surface area contributed by atoms with Crippen LogP contribution < -0.4 is 10.5 Å². The third-order valence-corrected chi connectivity index (χ3v) is 6.12. The van der Waals surface area contributed by atoms with Gasteiger partial charge in [-0.25, -0.2) is 4.98 Å². The fourth-order valence-electron chi connectivity index (χ4n) is 3.73. The Kier molecular flexibility index (Phi) is 4.41. The predicted octanol–water partition coefficient (Wildman–Crippen LogP) is 3.94. The van der Waals surface area contributed by atoms with Crippen molar-refractivity contribution in [1.29, 1.82) is 0 Å². The van der Waals surface area contributed by atoms with Crippen molar-refractivity contribution in [2.24, 2.45) is 0 Å². The molecule has 1 aromatic carbocycles. The van der Waals surface area contributed by atoms with Crippen molar-refractivity contribution in [2.45, 2.75) is 37.4 Å². The molecule has 0 radical (unpaired) electrons. The second kappa shape index (κ2) is 6.63. The zero-order valence-electron chi connectivity index (χ0n) is 14.5. The van der Waals surface area contributed by atoms with Crippen molar-refractivity contribution in [1.82, 2.24) is 14.6 Å². The van der Waals surface area contributed by atoms with E-state index in [-0.39, 0.29) is 17.5 Å². The van der Waals surface area contributed by atoms with Crippen LogP contribution in [0.25, 0.3) is 4.96 Å². The maximum atomic E-state index is 12.8. The van der Waals surface area contributed by atoms with Crippen LogP contribution in [0.4, 0.5) is 18.3 Å². The molecule has 27 heavy (non-hydrogen) atoms. The van der Waals surface area contributed by atoms with Crippen molar-refractivity contribution >= 4 is 21.4 Å². The zero-order valence-corrected chi connectivity index (χ0v) is 15.3. The van der Waals surface area contributed by atoms with E-state index in [1.807, 2.05) is 11.9 Å². The lowest BCUT2D eigenvalue weighted by molar-refractivity contribution is -0.137. The molecular weight excluding hydrogens is 377 g/mol. The molecule has 0 spiro atoms. The van der Waals surface area contributed by atoms with Gasteiger partial charge in [0.05, 0.1) is 5.56 Å². The van der Waals surface area contributed by atoms with Crippen LogP contribution >= 0.6 is 11.3 Å². The maximum Gasteiger partial charge on any atom is 0.416 e. The van der Waals surface area contributed by atoms with Crippen LogP contribution in [0, 0.1) is 0 Å². The summed E-state index contributed by atoms with van der Waals surface area (Å²) in [6.45, 7) is 0. The fourth-order valence-corrected chi connectivity index (χ4v) is 4.63. The van der Waals surface area contributed by atoms with Crippen molar-refractivity contribution < 1.29 is 13.2 Å². The molecular formula is C18H17F3N4OS. The highest BCUT2D eigenvalue weighted by Crippen LogP contribution is 2.40. The molecule has 142 valence electrons. The van der Waals surface area contributed by atoms with Crippen molar-refractivity contribution in [3.05, 3.63) is 58.0 Å². The van der Waals surface area contributed by atoms with Crippen LogP contribution in [0.5, 0.6) is 0 Å². The average Bonchev–Trinajstić information content (AvgIpc) is 3.28. The minimum Gasteiger partial charge on any atom is -0.346 e. The number of anilines is 1. The van der Waals surface area contributed by atoms with E-state index in [9.17, 15) is 18.0 Å². The van der Waals surface area contributed by atoms with Gasteiger partial charge in [0.2, 0.25) is 10.1 Å². The van der Waals surface area contributed by atoms with Gasteiger partial charge in [-0.15, -0.1) is 5.10 Å². The summed E-state index contributed by atoms with van der Waals surface area (Å²) in [5.41, 5.74) is 0.0288. The number of halogens is 3. The Hall–Kier alpha value is -2.42. The SMILES string of the molecule is CN(c1nn2c(=O)ccnc2s1)[C@@H]1CCC[C@@H]1c1ccc(C(F)(F)F)cc1. The number of benzene rings is 1. The van der Waals surface area contributed by atoms with Crippen molar-refractivity contribution in [3.63, 3.8) is 0 Å². The zero-order chi connectivity index (χ0) is 19.2.